The van der Waals surface area contributed by atoms with Crippen molar-refractivity contribution in [3.05, 3.63) is 101 Å². The summed E-state index contributed by atoms with van der Waals surface area (Å²) in [4.78, 5) is 0. The Kier molecular flexibility index (Phi) is 4.29. The summed E-state index contributed by atoms with van der Waals surface area (Å²) in [5.74, 6) is 0. The molecule has 0 saturated carbocycles. The van der Waals surface area contributed by atoms with Gasteiger partial charge in [0.25, 0.3) is 0 Å². The third kappa shape index (κ3) is 3.02. The first kappa shape index (κ1) is 18.7. The van der Waals surface area contributed by atoms with E-state index in [4.69, 9.17) is 0 Å². The van der Waals surface area contributed by atoms with E-state index < -0.39 is 0 Å². The number of allylic oxidation sites excluding steroid dienone is 2. The second-order valence-electron chi connectivity index (χ2n) is 8.95. The lowest BCUT2D eigenvalue weighted by Gasteiger charge is -2.15. The van der Waals surface area contributed by atoms with Gasteiger partial charge in [0.15, 0.2) is 0 Å². The standard InChI is InChI=1S/C29H27N/c1-20-9-5-6-10-23(20)24-14-13-22(19-21(24)2)30-27-12-8-7-11-25(27)26-15-17-29(3,4)18-16-28(26)30/h5-19H,1-4H3. The average molecular weight is 390 g/mol. The Morgan fingerprint density at radius 3 is 2.20 bits per heavy atom. The minimum atomic E-state index is 0.0512. The summed E-state index contributed by atoms with van der Waals surface area (Å²) in [6, 6.07) is 24.2. The Balaban J connectivity index is 1.74. The molecule has 0 saturated heterocycles. The van der Waals surface area contributed by atoms with Crippen molar-refractivity contribution >= 4 is 23.1 Å². The largest absolute Gasteiger partial charge is 0.309 e. The first-order valence-electron chi connectivity index (χ1n) is 10.6. The lowest BCUT2D eigenvalue weighted by atomic mass is 9.93. The monoisotopic (exact) mass is 389 g/mol. The van der Waals surface area contributed by atoms with Crippen LogP contribution >= 0.6 is 0 Å². The Morgan fingerprint density at radius 1 is 0.700 bits per heavy atom. The fraction of sp³-hybridized carbons (Fsp3) is 0.172. The minimum absolute atomic E-state index is 0.0512. The molecule has 1 heterocycles. The van der Waals surface area contributed by atoms with Gasteiger partial charge < -0.3 is 4.57 Å². The fourth-order valence-corrected chi connectivity index (χ4v) is 4.51. The Morgan fingerprint density at radius 2 is 1.40 bits per heavy atom. The summed E-state index contributed by atoms with van der Waals surface area (Å²) in [6.07, 6.45) is 9.19. The molecule has 0 spiro atoms. The van der Waals surface area contributed by atoms with Gasteiger partial charge in [-0.1, -0.05) is 80.6 Å². The third-order valence-corrected chi connectivity index (χ3v) is 6.21. The van der Waals surface area contributed by atoms with Gasteiger partial charge in [-0.2, -0.15) is 0 Å². The van der Waals surface area contributed by atoms with Crippen LogP contribution in [-0.4, -0.2) is 4.57 Å². The quantitative estimate of drug-likeness (QED) is 0.327. The minimum Gasteiger partial charge on any atom is -0.309 e. The van der Waals surface area contributed by atoms with Crippen molar-refractivity contribution in [1.29, 1.82) is 0 Å². The van der Waals surface area contributed by atoms with Crippen LogP contribution in [0.15, 0.2) is 78.9 Å². The van der Waals surface area contributed by atoms with Crippen LogP contribution in [0.3, 0.4) is 0 Å². The van der Waals surface area contributed by atoms with Crippen molar-refractivity contribution in [2.75, 3.05) is 0 Å². The molecule has 3 aromatic carbocycles. The maximum Gasteiger partial charge on any atom is 0.0541 e. The molecule has 0 fully saturated rings. The topological polar surface area (TPSA) is 4.93 Å². The number of hydrogen-bond acceptors (Lipinski definition) is 0. The summed E-state index contributed by atoms with van der Waals surface area (Å²) in [7, 11) is 0. The number of benzene rings is 3. The predicted molar refractivity (Wildman–Crippen MR) is 130 cm³/mol. The van der Waals surface area contributed by atoms with E-state index in [0.717, 1.165) is 0 Å². The molecule has 1 aliphatic carbocycles. The zero-order valence-corrected chi connectivity index (χ0v) is 18.1. The summed E-state index contributed by atoms with van der Waals surface area (Å²) in [6.45, 7) is 8.90. The number of nitrogens with zero attached hydrogens (tertiary/aromatic N) is 1. The molecule has 1 heteroatoms. The second kappa shape index (κ2) is 6.88. The van der Waals surface area contributed by atoms with E-state index in [1.165, 1.54) is 50.1 Å². The van der Waals surface area contributed by atoms with Crippen molar-refractivity contribution in [2.24, 2.45) is 5.41 Å². The van der Waals surface area contributed by atoms with Crippen molar-refractivity contribution < 1.29 is 0 Å². The SMILES string of the molecule is Cc1ccccc1-c1ccc(-n2c3c(c4ccccc42)C=CC(C)(C)C=C3)cc1C. The van der Waals surface area contributed by atoms with E-state index in [1.807, 2.05) is 0 Å². The van der Waals surface area contributed by atoms with Gasteiger partial charge in [0, 0.05) is 22.1 Å². The van der Waals surface area contributed by atoms with Crippen LogP contribution in [0.25, 0.3) is 39.9 Å². The van der Waals surface area contributed by atoms with Crippen LogP contribution < -0.4 is 0 Å². The molecule has 0 amide bonds. The molecule has 30 heavy (non-hydrogen) atoms. The molecule has 1 aliphatic rings. The summed E-state index contributed by atoms with van der Waals surface area (Å²) >= 11 is 0. The molecular formula is C29H27N. The summed E-state index contributed by atoms with van der Waals surface area (Å²) in [5, 5.41) is 1.30. The van der Waals surface area contributed by atoms with Crippen LogP contribution in [0, 0.1) is 19.3 Å². The molecule has 1 nitrogen and oxygen atoms in total. The third-order valence-electron chi connectivity index (χ3n) is 6.21. The highest BCUT2D eigenvalue weighted by molar-refractivity contribution is 5.96. The van der Waals surface area contributed by atoms with E-state index in [-0.39, 0.29) is 5.41 Å². The second-order valence-corrected chi connectivity index (χ2v) is 8.95. The number of rotatable bonds is 2. The van der Waals surface area contributed by atoms with Crippen molar-refractivity contribution in [3.63, 3.8) is 0 Å². The molecule has 148 valence electrons. The Labute approximate surface area is 179 Å². The number of aromatic nitrogens is 1. The molecule has 0 radical (unpaired) electrons. The Bertz CT molecular complexity index is 1330. The van der Waals surface area contributed by atoms with Gasteiger partial charge in [-0.15, -0.1) is 0 Å². The van der Waals surface area contributed by atoms with E-state index in [1.54, 1.807) is 0 Å². The maximum atomic E-state index is 2.40. The van der Waals surface area contributed by atoms with Crippen molar-refractivity contribution in [1.82, 2.24) is 4.57 Å². The molecular weight excluding hydrogens is 362 g/mol. The molecule has 4 aromatic rings. The highest BCUT2D eigenvalue weighted by atomic mass is 15.0. The van der Waals surface area contributed by atoms with Crippen LogP contribution in [-0.2, 0) is 0 Å². The van der Waals surface area contributed by atoms with Crippen LogP contribution in [0.4, 0.5) is 0 Å². The smallest absolute Gasteiger partial charge is 0.0541 e. The molecule has 0 atom stereocenters. The average Bonchev–Trinajstić information content (AvgIpc) is 2.96. The van der Waals surface area contributed by atoms with Crippen LogP contribution in [0.2, 0.25) is 0 Å². The molecule has 1 aromatic heterocycles. The van der Waals surface area contributed by atoms with Gasteiger partial charge in [0.05, 0.1) is 11.2 Å². The van der Waals surface area contributed by atoms with Crippen LogP contribution in [0.5, 0.6) is 0 Å². The van der Waals surface area contributed by atoms with E-state index >= 15 is 0 Å². The predicted octanol–water partition coefficient (Wildman–Crippen LogP) is 7.98. The number of hydrogen-bond donors (Lipinski definition) is 0. The first-order chi connectivity index (χ1) is 14.4. The highest BCUT2D eigenvalue weighted by Gasteiger charge is 2.20. The van der Waals surface area contributed by atoms with Crippen molar-refractivity contribution in [3.8, 4) is 16.8 Å². The van der Waals surface area contributed by atoms with Gasteiger partial charge in [0.1, 0.15) is 0 Å². The maximum absolute atomic E-state index is 2.40. The lowest BCUT2D eigenvalue weighted by Crippen LogP contribution is -2.01. The molecule has 0 N–H and O–H groups in total. The molecule has 5 rings (SSSR count). The van der Waals surface area contributed by atoms with Gasteiger partial charge in [-0.25, -0.2) is 0 Å². The lowest BCUT2D eigenvalue weighted by molar-refractivity contribution is 0.633. The number of aryl methyl sites for hydroxylation is 2. The van der Waals surface area contributed by atoms with Gasteiger partial charge in [-0.3, -0.25) is 0 Å². The molecule has 0 aliphatic heterocycles. The normalized spacial score (nSPS) is 14.7. The zero-order valence-electron chi connectivity index (χ0n) is 18.1. The summed E-state index contributed by atoms with van der Waals surface area (Å²) < 4.78 is 2.40. The Hall–Kier alpha value is -3.32. The number of para-hydroxylation sites is 1. The van der Waals surface area contributed by atoms with E-state index in [9.17, 15) is 0 Å². The van der Waals surface area contributed by atoms with Gasteiger partial charge in [0.2, 0.25) is 0 Å². The van der Waals surface area contributed by atoms with Crippen LogP contribution in [0.1, 0.15) is 36.2 Å². The van der Waals surface area contributed by atoms with Crippen molar-refractivity contribution in [2.45, 2.75) is 27.7 Å². The van der Waals surface area contributed by atoms with Gasteiger partial charge in [-0.05, 0) is 60.4 Å². The van der Waals surface area contributed by atoms with E-state index in [0.29, 0.717) is 0 Å². The first-order valence-corrected chi connectivity index (χ1v) is 10.6. The molecule has 0 bridgehead atoms. The number of fused-ring (bicyclic) bond motifs is 3. The van der Waals surface area contributed by atoms with Gasteiger partial charge >= 0.3 is 0 Å². The molecule has 0 unspecified atom stereocenters. The fourth-order valence-electron chi connectivity index (χ4n) is 4.51. The zero-order chi connectivity index (χ0) is 20.9. The highest BCUT2D eigenvalue weighted by Crippen LogP contribution is 2.37. The van der Waals surface area contributed by atoms with E-state index in [2.05, 4.69) is 123 Å². The summed E-state index contributed by atoms with van der Waals surface area (Å²) in [5.41, 5.74) is 10.3.